The molecule has 0 aromatic carbocycles. The number of carbonyl (C=O) groups excluding carboxylic acids is 2. The molecule has 20 heavy (non-hydrogen) atoms. The van der Waals surface area contributed by atoms with Crippen LogP contribution in [0.2, 0.25) is 0 Å². The predicted octanol–water partition coefficient (Wildman–Crippen LogP) is 0.591. The Bertz CT molecular complexity index is 470. The van der Waals surface area contributed by atoms with E-state index in [1.54, 1.807) is 0 Å². The fraction of sp³-hybridized carbons (Fsp3) is 0.500. The number of amides is 1. The molecule has 0 aliphatic heterocycles. The summed E-state index contributed by atoms with van der Waals surface area (Å²) in [5.41, 5.74) is 0. The van der Waals surface area contributed by atoms with Gasteiger partial charge < -0.3 is 15.5 Å². The van der Waals surface area contributed by atoms with Crippen molar-refractivity contribution in [1.82, 2.24) is 9.88 Å². The zero-order valence-electron chi connectivity index (χ0n) is 11.0. The Labute approximate surface area is 128 Å². The third-order valence-corrected chi connectivity index (χ3v) is 3.71. The number of nitrogens with zero attached hydrogens (tertiary/aromatic N) is 1. The SMILES string of the molecule is CC(=O)C(CS)NC(=O)[C@@H](S)CCn1c(O)ccc1O. The van der Waals surface area contributed by atoms with E-state index in [9.17, 15) is 19.8 Å². The van der Waals surface area contributed by atoms with Crippen LogP contribution in [0.25, 0.3) is 0 Å². The molecule has 1 amide bonds. The van der Waals surface area contributed by atoms with E-state index in [0.29, 0.717) is 6.42 Å². The fourth-order valence-corrected chi connectivity index (χ4v) is 2.14. The van der Waals surface area contributed by atoms with Crippen molar-refractivity contribution < 1.29 is 19.8 Å². The van der Waals surface area contributed by atoms with E-state index in [-0.39, 0.29) is 35.7 Å². The number of Topliss-reactive ketones (excluding diaryl/α,β-unsaturated/α-hetero) is 1. The lowest BCUT2D eigenvalue weighted by atomic mass is 10.2. The zero-order chi connectivity index (χ0) is 15.3. The van der Waals surface area contributed by atoms with E-state index in [1.165, 1.54) is 23.6 Å². The minimum Gasteiger partial charge on any atom is -0.494 e. The third kappa shape index (κ3) is 4.38. The van der Waals surface area contributed by atoms with Gasteiger partial charge in [-0.3, -0.25) is 14.2 Å². The second kappa shape index (κ2) is 7.49. The molecule has 3 N–H and O–H groups in total. The summed E-state index contributed by atoms with van der Waals surface area (Å²) in [5.74, 6) is -0.495. The first-order valence-corrected chi connectivity index (χ1v) is 7.19. The summed E-state index contributed by atoms with van der Waals surface area (Å²) in [7, 11) is 0. The molecule has 0 radical (unpaired) electrons. The Balaban J connectivity index is 2.52. The smallest absolute Gasteiger partial charge is 0.233 e. The normalized spacial score (nSPS) is 13.8. The number of thiol groups is 2. The number of carbonyl (C=O) groups is 2. The number of rotatable bonds is 7. The highest BCUT2D eigenvalue weighted by Gasteiger charge is 2.20. The Hall–Kier alpha value is -1.28. The second-order valence-corrected chi connectivity index (χ2v) is 5.35. The first kappa shape index (κ1) is 16.8. The maximum atomic E-state index is 11.8. The van der Waals surface area contributed by atoms with Crippen LogP contribution in [-0.2, 0) is 16.1 Å². The first-order valence-electron chi connectivity index (χ1n) is 6.04. The number of aromatic nitrogens is 1. The van der Waals surface area contributed by atoms with Crippen molar-refractivity contribution in [3.8, 4) is 11.8 Å². The molecule has 0 aliphatic rings. The topological polar surface area (TPSA) is 91.6 Å². The van der Waals surface area contributed by atoms with Crippen molar-refractivity contribution in [2.45, 2.75) is 31.2 Å². The van der Waals surface area contributed by atoms with Crippen LogP contribution in [0.1, 0.15) is 13.3 Å². The second-order valence-electron chi connectivity index (χ2n) is 4.36. The summed E-state index contributed by atoms with van der Waals surface area (Å²) in [6.07, 6.45) is 0.294. The van der Waals surface area contributed by atoms with Gasteiger partial charge in [-0.25, -0.2) is 0 Å². The molecular formula is C12H18N2O4S2. The van der Waals surface area contributed by atoms with E-state index in [1.807, 2.05) is 0 Å². The van der Waals surface area contributed by atoms with Crippen LogP contribution < -0.4 is 5.32 Å². The molecule has 1 unspecified atom stereocenters. The molecule has 6 nitrogen and oxygen atoms in total. The van der Waals surface area contributed by atoms with Crippen molar-refractivity contribution in [2.24, 2.45) is 0 Å². The fourth-order valence-electron chi connectivity index (χ4n) is 1.60. The van der Waals surface area contributed by atoms with Gasteiger partial charge in [0.15, 0.2) is 17.5 Å². The molecule has 0 spiro atoms. The molecule has 1 rings (SSSR count). The van der Waals surface area contributed by atoms with Crippen LogP contribution in [0.4, 0.5) is 0 Å². The van der Waals surface area contributed by atoms with E-state index >= 15 is 0 Å². The van der Waals surface area contributed by atoms with Crippen LogP contribution in [0.5, 0.6) is 11.8 Å². The Kier molecular flexibility index (Phi) is 6.28. The van der Waals surface area contributed by atoms with Crippen molar-refractivity contribution in [3.05, 3.63) is 12.1 Å². The molecular weight excluding hydrogens is 300 g/mol. The molecule has 1 heterocycles. The van der Waals surface area contributed by atoms with Crippen molar-refractivity contribution >= 4 is 36.9 Å². The molecule has 0 saturated carbocycles. The first-order chi connectivity index (χ1) is 9.36. The van der Waals surface area contributed by atoms with Gasteiger partial charge in [-0.1, -0.05) is 0 Å². The molecule has 112 valence electrons. The molecule has 0 aliphatic carbocycles. The minimum absolute atomic E-state index is 0.0830. The van der Waals surface area contributed by atoms with Crippen molar-refractivity contribution in [2.75, 3.05) is 5.75 Å². The largest absolute Gasteiger partial charge is 0.494 e. The lowest BCUT2D eigenvalue weighted by molar-refractivity contribution is -0.126. The standard InChI is InChI=1S/C12H18N2O4S2/c1-7(15)8(6-19)13-12(18)9(20)4-5-14-10(16)2-3-11(14)17/h2-3,8-9,16-17,19-20H,4-6H2,1H3,(H,13,18)/t8?,9-/m0/s1. The number of aromatic hydroxyl groups is 2. The Morgan fingerprint density at radius 3 is 2.35 bits per heavy atom. The minimum atomic E-state index is -0.655. The molecule has 1 aromatic rings. The zero-order valence-corrected chi connectivity index (χ0v) is 12.8. The van der Waals surface area contributed by atoms with E-state index < -0.39 is 11.3 Å². The summed E-state index contributed by atoms with van der Waals surface area (Å²) in [6, 6.07) is 2.08. The van der Waals surface area contributed by atoms with Gasteiger partial charge in [0.05, 0.1) is 11.3 Å². The van der Waals surface area contributed by atoms with E-state index in [0.717, 1.165) is 0 Å². The monoisotopic (exact) mass is 318 g/mol. The number of ketones is 1. The summed E-state index contributed by atoms with van der Waals surface area (Å²) < 4.78 is 1.26. The number of nitrogens with one attached hydrogen (secondary N) is 1. The Morgan fingerprint density at radius 1 is 1.35 bits per heavy atom. The van der Waals surface area contributed by atoms with Crippen LogP contribution >= 0.6 is 25.3 Å². The average molecular weight is 318 g/mol. The number of hydrogen-bond acceptors (Lipinski definition) is 6. The molecule has 0 bridgehead atoms. The quantitative estimate of drug-likeness (QED) is 0.476. The van der Waals surface area contributed by atoms with Gasteiger partial charge in [0.2, 0.25) is 5.91 Å². The van der Waals surface area contributed by atoms with Crippen LogP contribution in [0.3, 0.4) is 0 Å². The summed E-state index contributed by atoms with van der Waals surface area (Å²) in [4.78, 5) is 23.0. The van der Waals surface area contributed by atoms with Gasteiger partial charge in [0.25, 0.3) is 0 Å². The summed E-state index contributed by atoms with van der Waals surface area (Å²) >= 11 is 8.16. The highest BCUT2D eigenvalue weighted by Crippen LogP contribution is 2.22. The molecule has 2 atom stereocenters. The van der Waals surface area contributed by atoms with Crippen molar-refractivity contribution in [1.29, 1.82) is 0 Å². The molecule has 0 saturated heterocycles. The highest BCUT2D eigenvalue weighted by atomic mass is 32.1. The maximum Gasteiger partial charge on any atom is 0.233 e. The maximum absolute atomic E-state index is 11.8. The van der Waals surface area contributed by atoms with Gasteiger partial charge in [-0.2, -0.15) is 25.3 Å². The average Bonchev–Trinajstić information content (AvgIpc) is 2.72. The number of hydrogen-bond donors (Lipinski definition) is 5. The lowest BCUT2D eigenvalue weighted by Gasteiger charge is -2.17. The van der Waals surface area contributed by atoms with Gasteiger partial charge in [-0.05, 0) is 13.3 Å². The van der Waals surface area contributed by atoms with Gasteiger partial charge in [-0.15, -0.1) is 0 Å². The molecule has 0 fully saturated rings. The predicted molar refractivity (Wildman–Crippen MR) is 81.6 cm³/mol. The van der Waals surface area contributed by atoms with Crippen LogP contribution in [0.15, 0.2) is 12.1 Å². The van der Waals surface area contributed by atoms with Gasteiger partial charge >= 0.3 is 0 Å². The highest BCUT2D eigenvalue weighted by molar-refractivity contribution is 7.81. The van der Waals surface area contributed by atoms with E-state index in [2.05, 4.69) is 30.6 Å². The van der Waals surface area contributed by atoms with Gasteiger partial charge in [0.1, 0.15) is 0 Å². The molecule has 1 aromatic heterocycles. The van der Waals surface area contributed by atoms with E-state index in [4.69, 9.17) is 0 Å². The summed E-state index contributed by atoms with van der Waals surface area (Å²) in [5, 5.41) is 20.8. The lowest BCUT2D eigenvalue weighted by Crippen LogP contribution is -2.44. The summed E-state index contributed by atoms with van der Waals surface area (Å²) in [6.45, 7) is 1.61. The molecule has 8 heteroatoms. The van der Waals surface area contributed by atoms with Gasteiger partial charge in [0, 0.05) is 24.4 Å². The Morgan fingerprint density at radius 2 is 1.90 bits per heavy atom. The van der Waals surface area contributed by atoms with Crippen LogP contribution in [0, 0.1) is 0 Å². The van der Waals surface area contributed by atoms with Crippen molar-refractivity contribution in [3.63, 3.8) is 0 Å². The van der Waals surface area contributed by atoms with Crippen LogP contribution in [-0.4, -0.2) is 43.5 Å². The third-order valence-electron chi connectivity index (χ3n) is 2.85.